The van der Waals surface area contributed by atoms with Crippen LogP contribution >= 0.6 is 0 Å². The van der Waals surface area contributed by atoms with Crippen LogP contribution < -0.4 is 5.73 Å². The Balaban J connectivity index is 3.82. The minimum Gasteiger partial charge on any atom is -0.460 e. The van der Waals surface area contributed by atoms with E-state index in [0.717, 1.165) is 0 Å². The molecule has 0 rings (SSSR count). The van der Waals surface area contributed by atoms with Crippen LogP contribution in [0.4, 0.5) is 0 Å². The van der Waals surface area contributed by atoms with Crippen molar-refractivity contribution < 1.29 is 23.9 Å². The summed E-state index contributed by atoms with van der Waals surface area (Å²) in [6.45, 7) is 5.08. The minimum absolute atomic E-state index is 0.0467. The van der Waals surface area contributed by atoms with E-state index < -0.39 is 17.1 Å². The van der Waals surface area contributed by atoms with Gasteiger partial charge in [-0.2, -0.15) is 0 Å². The zero-order valence-electron chi connectivity index (χ0n) is 10.4. The Kier molecular flexibility index (Phi) is 5.98. The van der Waals surface area contributed by atoms with E-state index in [1.807, 2.05) is 0 Å². The number of aldehydes is 2. The zero-order chi connectivity index (χ0) is 13.5. The number of ether oxygens (including phenoxy) is 2. The highest BCUT2D eigenvalue weighted by molar-refractivity contribution is 5.88. The highest BCUT2D eigenvalue weighted by atomic mass is 16.6. The monoisotopic (exact) mass is 245 g/mol. The molecule has 6 nitrogen and oxygen atoms in total. The van der Waals surface area contributed by atoms with Gasteiger partial charge in [-0.3, -0.25) is 4.79 Å². The van der Waals surface area contributed by atoms with Gasteiger partial charge < -0.3 is 24.8 Å². The number of rotatable bonds is 7. The van der Waals surface area contributed by atoms with Crippen molar-refractivity contribution in [2.45, 2.75) is 38.3 Å². The molecule has 0 unspecified atom stereocenters. The lowest BCUT2D eigenvalue weighted by Gasteiger charge is -2.20. The summed E-state index contributed by atoms with van der Waals surface area (Å²) in [5.74, 6) is -0.405. The van der Waals surface area contributed by atoms with Crippen molar-refractivity contribution in [3.05, 3.63) is 0 Å². The molecule has 0 heterocycles. The Hall–Kier alpha value is -1.27. The van der Waals surface area contributed by atoms with E-state index in [4.69, 9.17) is 15.2 Å². The van der Waals surface area contributed by atoms with E-state index in [1.165, 1.54) is 0 Å². The first-order valence-corrected chi connectivity index (χ1v) is 5.23. The van der Waals surface area contributed by atoms with Crippen LogP contribution in [0.2, 0.25) is 0 Å². The minimum atomic E-state index is -1.63. The van der Waals surface area contributed by atoms with Gasteiger partial charge in [-0.15, -0.1) is 0 Å². The predicted molar refractivity (Wildman–Crippen MR) is 60.3 cm³/mol. The molecule has 0 spiro atoms. The smallest absolute Gasteiger partial charge is 0.308 e. The second kappa shape index (κ2) is 6.46. The number of carbonyl (C=O) groups excluding carboxylic acids is 3. The maximum Gasteiger partial charge on any atom is 0.308 e. The standard InChI is InChI=1S/C11H19NO5/c1-10(2,3)17-9(15)4-5-16-8-11(12,6-13)7-14/h6-7H,4-5,8,12H2,1-3H3. The lowest BCUT2D eigenvalue weighted by Crippen LogP contribution is -2.48. The quantitative estimate of drug-likeness (QED) is 0.289. The molecule has 0 aromatic heterocycles. The lowest BCUT2D eigenvalue weighted by atomic mass is 10.1. The molecule has 0 saturated carbocycles. The van der Waals surface area contributed by atoms with Crippen LogP contribution in [-0.2, 0) is 23.9 Å². The summed E-state index contributed by atoms with van der Waals surface area (Å²) < 4.78 is 10.0. The van der Waals surface area contributed by atoms with Gasteiger partial charge in [0, 0.05) is 0 Å². The second-order valence-corrected chi connectivity index (χ2v) is 4.74. The molecule has 0 radical (unpaired) electrons. The van der Waals surface area contributed by atoms with Crippen molar-refractivity contribution in [2.75, 3.05) is 13.2 Å². The number of hydrogen-bond donors (Lipinski definition) is 1. The largest absolute Gasteiger partial charge is 0.460 e. The molecule has 0 amide bonds. The molecule has 0 aromatic carbocycles. The number of carbonyl (C=O) groups is 3. The zero-order valence-corrected chi connectivity index (χ0v) is 10.4. The van der Waals surface area contributed by atoms with Crippen LogP contribution in [0, 0.1) is 0 Å². The summed E-state index contributed by atoms with van der Waals surface area (Å²) in [5, 5.41) is 0. The van der Waals surface area contributed by atoms with Gasteiger partial charge in [-0.25, -0.2) is 0 Å². The van der Waals surface area contributed by atoms with E-state index in [0.29, 0.717) is 12.6 Å². The molecule has 17 heavy (non-hydrogen) atoms. The molecule has 0 aliphatic rings. The number of esters is 1. The van der Waals surface area contributed by atoms with Crippen molar-refractivity contribution in [1.82, 2.24) is 0 Å². The van der Waals surface area contributed by atoms with Gasteiger partial charge in [0.15, 0.2) is 5.54 Å². The topological polar surface area (TPSA) is 95.7 Å². The van der Waals surface area contributed by atoms with Gasteiger partial charge in [0.05, 0.1) is 19.6 Å². The van der Waals surface area contributed by atoms with E-state index in [1.54, 1.807) is 20.8 Å². The summed E-state index contributed by atoms with van der Waals surface area (Å²) in [6, 6.07) is 0. The molecular weight excluding hydrogens is 226 g/mol. The fourth-order valence-corrected chi connectivity index (χ4v) is 0.893. The molecule has 6 heteroatoms. The van der Waals surface area contributed by atoms with Crippen molar-refractivity contribution in [3.8, 4) is 0 Å². The summed E-state index contributed by atoms with van der Waals surface area (Å²) in [7, 11) is 0. The summed E-state index contributed by atoms with van der Waals surface area (Å²) in [6.07, 6.45) is 0.673. The molecule has 0 aromatic rings. The normalized spacial score (nSPS) is 12.0. The van der Waals surface area contributed by atoms with Crippen LogP contribution in [0.3, 0.4) is 0 Å². The molecule has 0 aliphatic heterocycles. The second-order valence-electron chi connectivity index (χ2n) is 4.74. The van der Waals surface area contributed by atoms with Gasteiger partial charge in [-0.05, 0) is 20.8 Å². The Morgan fingerprint density at radius 2 is 1.76 bits per heavy atom. The van der Waals surface area contributed by atoms with E-state index in [9.17, 15) is 14.4 Å². The first-order valence-electron chi connectivity index (χ1n) is 5.23. The van der Waals surface area contributed by atoms with Gasteiger partial charge in [0.25, 0.3) is 0 Å². The number of nitrogens with two attached hydrogens (primary N) is 1. The number of hydrogen-bond acceptors (Lipinski definition) is 6. The van der Waals surface area contributed by atoms with Crippen molar-refractivity contribution in [1.29, 1.82) is 0 Å². The van der Waals surface area contributed by atoms with Crippen LogP contribution in [0.15, 0.2) is 0 Å². The molecule has 0 saturated heterocycles. The van der Waals surface area contributed by atoms with Crippen LogP contribution in [0.25, 0.3) is 0 Å². The summed E-state index contributed by atoms with van der Waals surface area (Å²) in [4.78, 5) is 32.1. The van der Waals surface area contributed by atoms with E-state index in [-0.39, 0.29) is 19.6 Å². The highest BCUT2D eigenvalue weighted by Gasteiger charge is 2.24. The fourth-order valence-electron chi connectivity index (χ4n) is 0.893. The van der Waals surface area contributed by atoms with Crippen molar-refractivity contribution in [2.24, 2.45) is 5.73 Å². The predicted octanol–water partition coefficient (Wildman–Crippen LogP) is -0.170. The van der Waals surface area contributed by atoms with Crippen molar-refractivity contribution in [3.63, 3.8) is 0 Å². The van der Waals surface area contributed by atoms with Crippen LogP contribution in [0.1, 0.15) is 27.2 Å². The molecule has 2 N–H and O–H groups in total. The van der Waals surface area contributed by atoms with Crippen LogP contribution in [0.5, 0.6) is 0 Å². The Morgan fingerprint density at radius 3 is 2.18 bits per heavy atom. The molecule has 0 atom stereocenters. The van der Waals surface area contributed by atoms with Gasteiger partial charge >= 0.3 is 5.97 Å². The summed E-state index contributed by atoms with van der Waals surface area (Å²) >= 11 is 0. The van der Waals surface area contributed by atoms with Crippen LogP contribution in [-0.4, -0.2) is 42.9 Å². The van der Waals surface area contributed by atoms with Crippen molar-refractivity contribution >= 4 is 18.5 Å². The van der Waals surface area contributed by atoms with Gasteiger partial charge in [-0.1, -0.05) is 0 Å². The van der Waals surface area contributed by atoms with E-state index in [2.05, 4.69) is 0 Å². The van der Waals surface area contributed by atoms with Gasteiger partial charge in [0.1, 0.15) is 18.2 Å². The third-order valence-electron chi connectivity index (χ3n) is 1.66. The fraction of sp³-hybridized carbons (Fsp3) is 0.727. The first-order chi connectivity index (χ1) is 7.72. The third-order valence-corrected chi connectivity index (χ3v) is 1.66. The maximum absolute atomic E-state index is 11.2. The Labute approximate surface area is 100 Å². The average molecular weight is 245 g/mol. The Bertz CT molecular complexity index is 274. The Morgan fingerprint density at radius 1 is 1.24 bits per heavy atom. The SMILES string of the molecule is CC(C)(C)OC(=O)CCOCC(N)(C=O)C=O. The highest BCUT2D eigenvalue weighted by Crippen LogP contribution is 2.08. The molecule has 0 aliphatic carbocycles. The van der Waals surface area contributed by atoms with Gasteiger partial charge in [0.2, 0.25) is 0 Å². The molecular formula is C11H19NO5. The molecule has 0 bridgehead atoms. The first kappa shape index (κ1) is 15.7. The lowest BCUT2D eigenvalue weighted by molar-refractivity contribution is -0.156. The average Bonchev–Trinajstić information content (AvgIpc) is 2.21. The van der Waals surface area contributed by atoms with E-state index >= 15 is 0 Å². The third kappa shape index (κ3) is 7.59. The maximum atomic E-state index is 11.2. The summed E-state index contributed by atoms with van der Waals surface area (Å²) in [5.41, 5.74) is 3.17. The molecule has 98 valence electrons. The molecule has 0 fully saturated rings.